The van der Waals surface area contributed by atoms with Crippen LogP contribution in [-0.4, -0.2) is 9.08 Å². The van der Waals surface area contributed by atoms with Gasteiger partial charge in [0.25, 0.3) is 0 Å². The van der Waals surface area contributed by atoms with Crippen molar-refractivity contribution in [2.75, 3.05) is 4.90 Å². The van der Waals surface area contributed by atoms with Gasteiger partial charge in [-0.25, -0.2) is 0 Å². The third-order valence-corrected chi connectivity index (χ3v) is 7.40. The van der Waals surface area contributed by atoms with Crippen molar-refractivity contribution in [3.8, 4) is 0 Å². The largest absolute Gasteiger partial charge is 0.342 e. The summed E-state index contributed by atoms with van der Waals surface area (Å²) < 4.78 is 13.9. The Bertz CT molecular complexity index is 921. The second kappa shape index (κ2) is 7.76. The summed E-state index contributed by atoms with van der Waals surface area (Å²) in [6, 6.07) is 28.9. The summed E-state index contributed by atoms with van der Waals surface area (Å²) in [5, 5.41) is 0. The summed E-state index contributed by atoms with van der Waals surface area (Å²) in [6.45, 7) is 5.97. The SMILES string of the molecule is C=CCC[C@@]1([S@](=O)c2ccc(C)cc2)[C@@H](c2ccccc2)N1c1ccccc1. The summed E-state index contributed by atoms with van der Waals surface area (Å²) in [4.78, 5) is 2.75. The molecule has 1 aliphatic rings. The van der Waals surface area contributed by atoms with E-state index in [1.807, 2.05) is 54.6 Å². The Morgan fingerprint density at radius 2 is 1.57 bits per heavy atom. The normalized spacial score (nSPS) is 21.9. The highest BCUT2D eigenvalue weighted by Crippen LogP contribution is 2.61. The van der Waals surface area contributed by atoms with Crippen molar-refractivity contribution in [1.82, 2.24) is 0 Å². The van der Waals surface area contributed by atoms with Gasteiger partial charge in [0.05, 0.1) is 16.8 Å². The molecule has 0 aliphatic carbocycles. The first-order valence-electron chi connectivity index (χ1n) is 9.67. The Labute approximate surface area is 170 Å². The Kier molecular flexibility index (Phi) is 5.19. The molecule has 0 amide bonds. The average molecular weight is 388 g/mol. The van der Waals surface area contributed by atoms with Gasteiger partial charge in [0.1, 0.15) is 4.87 Å². The minimum absolute atomic E-state index is 0.0817. The molecule has 142 valence electrons. The van der Waals surface area contributed by atoms with Crippen LogP contribution in [0, 0.1) is 6.92 Å². The Morgan fingerprint density at radius 1 is 0.964 bits per heavy atom. The minimum Gasteiger partial charge on any atom is -0.342 e. The summed E-state index contributed by atoms with van der Waals surface area (Å²) in [7, 11) is -1.18. The van der Waals surface area contributed by atoms with E-state index in [-0.39, 0.29) is 6.04 Å². The van der Waals surface area contributed by atoms with Gasteiger partial charge in [0, 0.05) is 10.6 Å². The van der Waals surface area contributed by atoms with Crippen LogP contribution >= 0.6 is 0 Å². The molecule has 3 heteroatoms. The van der Waals surface area contributed by atoms with Crippen molar-refractivity contribution in [3.63, 3.8) is 0 Å². The number of hydrogen-bond donors (Lipinski definition) is 0. The lowest BCUT2D eigenvalue weighted by Gasteiger charge is -2.18. The highest BCUT2D eigenvalue weighted by molar-refractivity contribution is 7.87. The fourth-order valence-electron chi connectivity index (χ4n) is 4.03. The third-order valence-electron chi connectivity index (χ3n) is 5.44. The Morgan fingerprint density at radius 3 is 2.18 bits per heavy atom. The molecular weight excluding hydrogens is 362 g/mol. The quantitative estimate of drug-likeness (QED) is 0.364. The van der Waals surface area contributed by atoms with Crippen molar-refractivity contribution < 1.29 is 4.21 Å². The average Bonchev–Trinajstić information content (AvgIpc) is 3.43. The summed E-state index contributed by atoms with van der Waals surface area (Å²) in [5.41, 5.74) is 3.49. The molecule has 0 radical (unpaired) electrons. The number of benzene rings is 3. The van der Waals surface area contributed by atoms with Crippen molar-refractivity contribution in [2.24, 2.45) is 0 Å². The van der Waals surface area contributed by atoms with E-state index in [0.29, 0.717) is 0 Å². The molecule has 28 heavy (non-hydrogen) atoms. The van der Waals surface area contributed by atoms with Crippen LogP contribution in [0.5, 0.6) is 0 Å². The van der Waals surface area contributed by atoms with E-state index in [9.17, 15) is 4.21 Å². The zero-order valence-electron chi connectivity index (χ0n) is 16.1. The molecule has 0 aromatic heterocycles. The van der Waals surface area contributed by atoms with Crippen LogP contribution in [-0.2, 0) is 10.8 Å². The molecule has 1 fully saturated rings. The number of hydrogen-bond acceptors (Lipinski definition) is 2. The molecule has 0 unspecified atom stereocenters. The van der Waals surface area contributed by atoms with Gasteiger partial charge in [0.2, 0.25) is 0 Å². The summed E-state index contributed by atoms with van der Waals surface area (Å²) in [5.74, 6) is 0. The highest BCUT2D eigenvalue weighted by atomic mass is 32.2. The zero-order chi connectivity index (χ0) is 19.6. The summed E-state index contributed by atoms with van der Waals surface area (Å²) in [6.07, 6.45) is 3.55. The first-order valence-corrected chi connectivity index (χ1v) is 10.8. The molecular formula is C25H25NOS. The van der Waals surface area contributed by atoms with E-state index < -0.39 is 15.7 Å². The monoisotopic (exact) mass is 387 g/mol. The molecule has 1 aliphatic heterocycles. The van der Waals surface area contributed by atoms with Gasteiger partial charge in [-0.3, -0.25) is 4.21 Å². The van der Waals surface area contributed by atoms with E-state index >= 15 is 0 Å². The standard InChI is InChI=1S/C25H25NOS/c1-3-4-19-25(28(27)23-17-15-20(2)16-18-23)24(21-11-7-5-8-12-21)26(25)22-13-9-6-10-14-22/h3,5-18,24H,1,4,19H2,2H3/t24-,25-,26?,28-/m1/s1. The van der Waals surface area contributed by atoms with E-state index in [1.54, 1.807) is 0 Å². The van der Waals surface area contributed by atoms with E-state index in [2.05, 4.69) is 54.8 Å². The van der Waals surface area contributed by atoms with Crippen LogP contribution in [0.3, 0.4) is 0 Å². The molecule has 3 atom stereocenters. The lowest BCUT2D eigenvalue weighted by Crippen LogP contribution is -2.25. The second-order valence-corrected chi connectivity index (χ2v) is 8.99. The van der Waals surface area contributed by atoms with Gasteiger partial charge >= 0.3 is 0 Å². The first-order chi connectivity index (χ1) is 13.7. The molecule has 0 saturated carbocycles. The van der Waals surface area contributed by atoms with Crippen molar-refractivity contribution in [2.45, 2.75) is 35.6 Å². The molecule has 0 spiro atoms. The molecule has 3 aromatic carbocycles. The fourth-order valence-corrected chi connectivity index (χ4v) is 5.91. The maximum atomic E-state index is 13.9. The van der Waals surface area contributed by atoms with Gasteiger partial charge in [-0.2, -0.15) is 0 Å². The second-order valence-electron chi connectivity index (χ2n) is 7.27. The van der Waals surface area contributed by atoms with Gasteiger partial charge in [-0.15, -0.1) is 6.58 Å². The van der Waals surface area contributed by atoms with Crippen molar-refractivity contribution in [3.05, 3.63) is 109 Å². The zero-order valence-corrected chi connectivity index (χ0v) is 16.9. The topological polar surface area (TPSA) is 20.1 Å². The molecule has 2 nitrogen and oxygen atoms in total. The maximum Gasteiger partial charge on any atom is 0.146 e. The predicted octanol–water partition coefficient (Wildman–Crippen LogP) is 6.03. The minimum atomic E-state index is -1.18. The van der Waals surface area contributed by atoms with E-state index in [4.69, 9.17) is 0 Å². The van der Waals surface area contributed by atoms with Gasteiger partial charge in [-0.05, 0) is 49.6 Å². The lowest BCUT2D eigenvalue weighted by atomic mass is 10.1. The van der Waals surface area contributed by atoms with Crippen LogP contribution in [0.4, 0.5) is 5.69 Å². The molecule has 1 heterocycles. The molecule has 3 aromatic rings. The van der Waals surface area contributed by atoms with E-state index in [0.717, 1.165) is 23.4 Å². The van der Waals surface area contributed by atoms with Crippen molar-refractivity contribution in [1.29, 1.82) is 0 Å². The third kappa shape index (κ3) is 3.20. The highest BCUT2D eigenvalue weighted by Gasteiger charge is 2.67. The van der Waals surface area contributed by atoms with Crippen LogP contribution in [0.1, 0.15) is 30.0 Å². The number of allylic oxidation sites excluding steroid dienone is 1. The van der Waals surface area contributed by atoms with Gasteiger partial charge in [0.15, 0.2) is 0 Å². The fraction of sp³-hybridized carbons (Fsp3) is 0.200. The first kappa shape index (κ1) is 18.7. The predicted molar refractivity (Wildman–Crippen MR) is 118 cm³/mol. The molecule has 4 rings (SSSR count). The molecule has 1 saturated heterocycles. The smallest absolute Gasteiger partial charge is 0.146 e. The number of anilines is 1. The lowest BCUT2D eigenvalue weighted by molar-refractivity contribution is 0.650. The van der Waals surface area contributed by atoms with Crippen LogP contribution in [0.25, 0.3) is 0 Å². The van der Waals surface area contributed by atoms with Crippen LogP contribution in [0.15, 0.2) is 102 Å². The number of nitrogens with zero attached hydrogens (tertiary/aromatic N) is 1. The van der Waals surface area contributed by atoms with Gasteiger partial charge in [-0.1, -0.05) is 72.3 Å². The van der Waals surface area contributed by atoms with E-state index in [1.165, 1.54) is 11.1 Å². The number of aryl methyl sites for hydroxylation is 1. The molecule has 0 bridgehead atoms. The van der Waals surface area contributed by atoms with Crippen LogP contribution < -0.4 is 4.90 Å². The Balaban J connectivity index is 1.83. The van der Waals surface area contributed by atoms with Gasteiger partial charge < -0.3 is 4.90 Å². The number of rotatable bonds is 7. The maximum absolute atomic E-state index is 13.9. The summed E-state index contributed by atoms with van der Waals surface area (Å²) >= 11 is 0. The molecule has 0 N–H and O–H groups in total. The number of para-hydroxylation sites is 1. The Hall–Kier alpha value is -2.65. The van der Waals surface area contributed by atoms with Crippen molar-refractivity contribution >= 4 is 16.5 Å². The van der Waals surface area contributed by atoms with Crippen LogP contribution in [0.2, 0.25) is 0 Å².